The van der Waals surface area contributed by atoms with Gasteiger partial charge in [0, 0.05) is 31.9 Å². The van der Waals surface area contributed by atoms with Gasteiger partial charge < -0.3 is 14.4 Å². The van der Waals surface area contributed by atoms with Crippen LogP contribution in [0.15, 0.2) is 40.0 Å². The van der Waals surface area contributed by atoms with E-state index in [-0.39, 0.29) is 11.8 Å². The molecule has 0 unspecified atom stereocenters. The number of urea groups is 1. The van der Waals surface area contributed by atoms with Crippen LogP contribution in [0.4, 0.5) is 4.79 Å². The number of carboxylic acid groups (broad SMARTS) is 1. The predicted molar refractivity (Wildman–Crippen MR) is 85.8 cm³/mol. The number of aromatic carboxylic acids is 1. The van der Waals surface area contributed by atoms with Crippen molar-refractivity contribution in [2.24, 2.45) is 5.10 Å². The molecule has 124 valence electrons. The molecule has 0 radical (unpaired) electrons. The number of hydrazone groups is 1. The van der Waals surface area contributed by atoms with Crippen LogP contribution < -0.4 is 0 Å². The predicted octanol–water partition coefficient (Wildman–Crippen LogP) is 2.13. The number of nitrogens with zero attached hydrogens (tertiary/aromatic N) is 4. The summed E-state index contributed by atoms with van der Waals surface area (Å²) in [6.45, 7) is 1.33. The average molecular weight is 328 g/mol. The van der Waals surface area contributed by atoms with Crippen molar-refractivity contribution in [3.63, 3.8) is 0 Å². The largest absolute Gasteiger partial charge is 0.475 e. The Morgan fingerprint density at radius 3 is 2.83 bits per heavy atom. The van der Waals surface area contributed by atoms with E-state index in [1.54, 1.807) is 42.6 Å². The minimum atomic E-state index is -1.12. The summed E-state index contributed by atoms with van der Waals surface area (Å²) < 4.78 is 5.20. The van der Waals surface area contributed by atoms with Gasteiger partial charge in [-0.15, -0.1) is 0 Å². The van der Waals surface area contributed by atoms with Crippen molar-refractivity contribution in [1.29, 1.82) is 0 Å². The van der Waals surface area contributed by atoms with Crippen LogP contribution in [0.25, 0.3) is 11.5 Å². The molecule has 2 amide bonds. The van der Waals surface area contributed by atoms with Crippen LogP contribution in [0.2, 0.25) is 0 Å². The van der Waals surface area contributed by atoms with Gasteiger partial charge in [-0.2, -0.15) is 5.10 Å². The molecule has 1 aliphatic rings. The Hall–Kier alpha value is -3.16. The van der Waals surface area contributed by atoms with E-state index in [2.05, 4.69) is 10.1 Å². The highest BCUT2D eigenvalue weighted by molar-refractivity contribution is 5.85. The molecule has 8 heteroatoms. The Balaban J connectivity index is 1.71. The molecule has 0 aromatic carbocycles. The molecule has 1 N–H and O–H groups in total. The van der Waals surface area contributed by atoms with E-state index in [1.807, 2.05) is 0 Å². The van der Waals surface area contributed by atoms with Crippen molar-refractivity contribution in [3.05, 3.63) is 41.8 Å². The number of hydrogen-bond donors (Lipinski definition) is 1. The second kappa shape index (κ2) is 6.53. The summed E-state index contributed by atoms with van der Waals surface area (Å²) in [4.78, 5) is 28.6. The van der Waals surface area contributed by atoms with Gasteiger partial charge in [-0.05, 0) is 30.7 Å². The maximum atomic E-state index is 11.9. The van der Waals surface area contributed by atoms with Gasteiger partial charge in [0.2, 0.25) is 5.76 Å². The van der Waals surface area contributed by atoms with Crippen LogP contribution in [0.5, 0.6) is 0 Å². The molecule has 1 fully saturated rings. The number of pyridine rings is 1. The number of carbonyl (C=O) groups is 2. The van der Waals surface area contributed by atoms with Gasteiger partial charge in [-0.3, -0.25) is 4.98 Å². The third-order valence-electron chi connectivity index (χ3n) is 3.61. The molecule has 0 atom stereocenters. The zero-order valence-electron chi connectivity index (χ0n) is 13.0. The second-order valence-corrected chi connectivity index (χ2v) is 5.37. The van der Waals surface area contributed by atoms with Crippen LogP contribution in [-0.4, -0.2) is 58.4 Å². The molecule has 1 saturated heterocycles. The number of carbonyl (C=O) groups excluding carboxylic acids is 1. The lowest BCUT2D eigenvalue weighted by Crippen LogP contribution is -2.44. The molecule has 2 aromatic heterocycles. The summed E-state index contributed by atoms with van der Waals surface area (Å²) in [7, 11) is 1.75. The van der Waals surface area contributed by atoms with Crippen molar-refractivity contribution < 1.29 is 19.1 Å². The van der Waals surface area contributed by atoms with Crippen molar-refractivity contribution in [1.82, 2.24) is 14.9 Å². The van der Waals surface area contributed by atoms with Gasteiger partial charge >= 0.3 is 12.0 Å². The van der Waals surface area contributed by atoms with E-state index in [0.717, 1.165) is 18.5 Å². The molecule has 24 heavy (non-hydrogen) atoms. The Morgan fingerprint density at radius 1 is 1.33 bits per heavy atom. The average Bonchev–Trinajstić information content (AvgIpc) is 3.07. The Bertz CT molecular complexity index is 782. The minimum Gasteiger partial charge on any atom is -0.475 e. The van der Waals surface area contributed by atoms with Crippen LogP contribution in [0.3, 0.4) is 0 Å². The first kappa shape index (κ1) is 15.7. The summed E-state index contributed by atoms with van der Waals surface area (Å²) in [5.41, 5.74) is 1.25. The van der Waals surface area contributed by atoms with Gasteiger partial charge in [0.05, 0.1) is 6.21 Å². The van der Waals surface area contributed by atoms with Crippen molar-refractivity contribution in [2.75, 3.05) is 20.1 Å². The highest BCUT2D eigenvalue weighted by Gasteiger charge is 2.21. The number of carboxylic acids is 1. The van der Waals surface area contributed by atoms with Crippen LogP contribution >= 0.6 is 0 Å². The van der Waals surface area contributed by atoms with E-state index in [4.69, 9.17) is 9.52 Å². The quantitative estimate of drug-likeness (QED) is 0.867. The fourth-order valence-electron chi connectivity index (χ4n) is 2.31. The zero-order chi connectivity index (χ0) is 17.1. The molecule has 8 nitrogen and oxygen atoms in total. The van der Waals surface area contributed by atoms with E-state index in [1.165, 1.54) is 11.1 Å². The Labute approximate surface area is 138 Å². The first-order chi connectivity index (χ1) is 11.5. The van der Waals surface area contributed by atoms with Gasteiger partial charge in [-0.25, -0.2) is 14.6 Å². The fraction of sp³-hybridized carbons (Fsp3) is 0.250. The second-order valence-electron chi connectivity index (χ2n) is 5.37. The molecular formula is C16H16N4O4. The van der Waals surface area contributed by atoms with E-state index >= 15 is 0 Å². The topological polar surface area (TPSA) is 99.2 Å². The Morgan fingerprint density at radius 2 is 2.17 bits per heavy atom. The number of rotatable bonds is 4. The van der Waals surface area contributed by atoms with Crippen LogP contribution in [-0.2, 0) is 0 Å². The molecule has 0 spiro atoms. The fourth-order valence-corrected chi connectivity index (χ4v) is 2.31. The van der Waals surface area contributed by atoms with Gasteiger partial charge in [-0.1, -0.05) is 0 Å². The maximum Gasteiger partial charge on any atom is 0.371 e. The number of aromatic nitrogens is 1. The summed E-state index contributed by atoms with van der Waals surface area (Å²) in [5, 5.41) is 14.5. The third-order valence-corrected chi connectivity index (χ3v) is 3.61. The summed E-state index contributed by atoms with van der Waals surface area (Å²) in [5.74, 6) is -0.880. The summed E-state index contributed by atoms with van der Waals surface area (Å²) in [6, 6.07) is 6.29. The summed E-state index contributed by atoms with van der Waals surface area (Å²) >= 11 is 0. The number of furan rings is 1. The minimum absolute atomic E-state index is 0.126. The normalized spacial score (nSPS) is 15.3. The van der Waals surface area contributed by atoms with Crippen LogP contribution in [0, 0.1) is 0 Å². The van der Waals surface area contributed by atoms with Gasteiger partial charge in [0.25, 0.3) is 0 Å². The van der Waals surface area contributed by atoms with Crippen molar-refractivity contribution in [2.45, 2.75) is 6.42 Å². The van der Waals surface area contributed by atoms with Crippen molar-refractivity contribution >= 4 is 18.2 Å². The molecule has 0 aliphatic carbocycles. The van der Waals surface area contributed by atoms with Crippen molar-refractivity contribution in [3.8, 4) is 11.5 Å². The molecule has 1 aliphatic heterocycles. The van der Waals surface area contributed by atoms with Gasteiger partial charge in [0.1, 0.15) is 5.69 Å². The molecule has 0 bridgehead atoms. The lowest BCUT2D eigenvalue weighted by atomic mass is 10.2. The standard InChI is InChI=1S/C16H16N4O4/c1-19-7-2-8-20(16(19)23)18-10-11-3-4-12(17-9-11)13-5-6-14(24-13)15(21)22/h3-6,9-10H,2,7-8H2,1H3,(H,21,22)/b18-10+. The molecular weight excluding hydrogens is 312 g/mol. The maximum absolute atomic E-state index is 11.9. The Kier molecular flexibility index (Phi) is 4.28. The molecule has 0 saturated carbocycles. The van der Waals surface area contributed by atoms with E-state index < -0.39 is 5.97 Å². The van der Waals surface area contributed by atoms with Gasteiger partial charge in [0.15, 0.2) is 5.76 Å². The zero-order valence-corrected chi connectivity index (χ0v) is 13.0. The highest BCUT2D eigenvalue weighted by Crippen LogP contribution is 2.20. The van der Waals surface area contributed by atoms with E-state index in [9.17, 15) is 9.59 Å². The number of hydrogen-bond acceptors (Lipinski definition) is 5. The van der Waals surface area contributed by atoms with E-state index in [0.29, 0.717) is 18.0 Å². The lowest BCUT2D eigenvalue weighted by Gasteiger charge is -2.29. The first-order valence-corrected chi connectivity index (χ1v) is 7.41. The first-order valence-electron chi connectivity index (χ1n) is 7.41. The highest BCUT2D eigenvalue weighted by atomic mass is 16.4. The smallest absolute Gasteiger partial charge is 0.371 e. The van der Waals surface area contributed by atoms with Crippen LogP contribution in [0.1, 0.15) is 22.5 Å². The SMILES string of the molecule is CN1CCCN(/N=C/c2ccc(-c3ccc(C(=O)O)o3)nc2)C1=O. The molecule has 3 rings (SSSR count). The third kappa shape index (κ3) is 3.27. The summed E-state index contributed by atoms with van der Waals surface area (Å²) in [6.07, 6.45) is 4.03. The molecule has 2 aromatic rings. The lowest BCUT2D eigenvalue weighted by molar-refractivity contribution is 0.0663. The monoisotopic (exact) mass is 328 g/mol. The molecule has 3 heterocycles. The number of amides is 2.